The van der Waals surface area contributed by atoms with Crippen molar-refractivity contribution in [1.29, 1.82) is 0 Å². The zero-order valence-electron chi connectivity index (χ0n) is 13.8. The van der Waals surface area contributed by atoms with Crippen LogP contribution in [0.4, 0.5) is 0 Å². The van der Waals surface area contributed by atoms with Crippen LogP contribution in [0.15, 0.2) is 41.0 Å². The fourth-order valence-corrected chi connectivity index (χ4v) is 2.99. The molecule has 0 spiro atoms. The van der Waals surface area contributed by atoms with Crippen molar-refractivity contribution < 1.29 is 18.7 Å². The van der Waals surface area contributed by atoms with Crippen molar-refractivity contribution in [2.45, 2.75) is 20.0 Å². The SMILES string of the molecule is COC(=O)Cc1coc2cc(OCc3ccc(Cl)cc3Cl)c(C)cc12. The van der Waals surface area contributed by atoms with E-state index in [1.807, 2.05) is 25.1 Å². The van der Waals surface area contributed by atoms with E-state index in [9.17, 15) is 4.79 Å². The summed E-state index contributed by atoms with van der Waals surface area (Å²) in [5.41, 5.74) is 3.22. The van der Waals surface area contributed by atoms with E-state index in [1.165, 1.54) is 7.11 Å². The van der Waals surface area contributed by atoms with Crippen LogP contribution in [0.2, 0.25) is 10.0 Å². The number of hydrogen-bond acceptors (Lipinski definition) is 4. The number of rotatable bonds is 5. The molecule has 0 saturated carbocycles. The first-order valence-corrected chi connectivity index (χ1v) is 8.38. The van der Waals surface area contributed by atoms with E-state index in [4.69, 9.17) is 37.1 Å². The Balaban J connectivity index is 1.83. The molecule has 0 fully saturated rings. The fraction of sp³-hybridized carbons (Fsp3) is 0.211. The molecule has 0 aliphatic heterocycles. The molecule has 0 N–H and O–H groups in total. The highest BCUT2D eigenvalue weighted by atomic mass is 35.5. The largest absolute Gasteiger partial charge is 0.488 e. The number of methoxy groups -OCH3 is 1. The number of fused-ring (bicyclic) bond motifs is 1. The van der Waals surface area contributed by atoms with Gasteiger partial charge in [0.25, 0.3) is 0 Å². The van der Waals surface area contributed by atoms with Gasteiger partial charge in [-0.15, -0.1) is 0 Å². The quantitative estimate of drug-likeness (QED) is 0.562. The van der Waals surface area contributed by atoms with Crippen molar-refractivity contribution in [3.63, 3.8) is 0 Å². The van der Waals surface area contributed by atoms with E-state index < -0.39 is 0 Å². The number of carbonyl (C=O) groups excluding carboxylic acids is 1. The van der Waals surface area contributed by atoms with Gasteiger partial charge in [-0.1, -0.05) is 29.3 Å². The minimum atomic E-state index is -0.307. The second-order valence-electron chi connectivity index (χ2n) is 5.65. The van der Waals surface area contributed by atoms with Crippen molar-refractivity contribution in [2.24, 2.45) is 0 Å². The monoisotopic (exact) mass is 378 g/mol. The standard InChI is InChI=1S/C19H16Cl2O4/c1-11-5-15-13(6-19(22)23-2)10-25-18(15)8-17(11)24-9-12-3-4-14(20)7-16(12)21/h3-5,7-8,10H,6,9H2,1-2H3. The molecule has 1 aromatic heterocycles. The summed E-state index contributed by atoms with van der Waals surface area (Å²) in [6.45, 7) is 2.26. The van der Waals surface area contributed by atoms with Crippen molar-refractivity contribution in [3.05, 3.63) is 63.3 Å². The predicted octanol–water partition coefficient (Wildman–Crippen LogP) is 5.34. The second-order valence-corrected chi connectivity index (χ2v) is 6.50. The molecule has 0 amide bonds. The van der Waals surface area contributed by atoms with Crippen LogP contribution in [0.25, 0.3) is 11.0 Å². The summed E-state index contributed by atoms with van der Waals surface area (Å²) in [6, 6.07) is 9.04. The van der Waals surface area contributed by atoms with Gasteiger partial charge in [0, 0.05) is 32.6 Å². The molecular formula is C19H16Cl2O4. The van der Waals surface area contributed by atoms with Gasteiger partial charge in [-0.05, 0) is 30.7 Å². The molecule has 0 aliphatic rings. The number of benzene rings is 2. The molecule has 0 aliphatic carbocycles. The average Bonchev–Trinajstić information content (AvgIpc) is 2.95. The summed E-state index contributed by atoms with van der Waals surface area (Å²) in [6.07, 6.45) is 1.74. The lowest BCUT2D eigenvalue weighted by Gasteiger charge is -2.11. The number of halogens is 2. The van der Waals surface area contributed by atoms with E-state index in [1.54, 1.807) is 18.4 Å². The number of carbonyl (C=O) groups is 1. The van der Waals surface area contributed by atoms with Gasteiger partial charge >= 0.3 is 5.97 Å². The Morgan fingerprint density at radius 3 is 2.68 bits per heavy atom. The van der Waals surface area contributed by atoms with Crippen LogP contribution in [0, 0.1) is 6.92 Å². The minimum absolute atomic E-state index is 0.170. The van der Waals surface area contributed by atoms with Gasteiger partial charge in [0.05, 0.1) is 19.8 Å². The molecule has 3 rings (SSSR count). The summed E-state index contributed by atoms with van der Waals surface area (Å²) in [7, 11) is 1.36. The molecule has 25 heavy (non-hydrogen) atoms. The van der Waals surface area contributed by atoms with Gasteiger partial charge in [-0.3, -0.25) is 4.79 Å². The Bertz CT molecular complexity index is 931. The summed E-state index contributed by atoms with van der Waals surface area (Å²) in [5.74, 6) is 0.385. The molecule has 1 heterocycles. The number of hydrogen-bond donors (Lipinski definition) is 0. The molecule has 3 aromatic rings. The third kappa shape index (κ3) is 3.91. The first-order chi connectivity index (χ1) is 12.0. The van der Waals surface area contributed by atoms with Crippen molar-refractivity contribution >= 4 is 40.1 Å². The topological polar surface area (TPSA) is 48.7 Å². The minimum Gasteiger partial charge on any atom is -0.488 e. The van der Waals surface area contributed by atoms with E-state index in [0.717, 1.165) is 22.1 Å². The lowest BCUT2D eigenvalue weighted by molar-refractivity contribution is -0.139. The average molecular weight is 379 g/mol. The van der Waals surface area contributed by atoms with Gasteiger partial charge in [0.15, 0.2) is 0 Å². The van der Waals surface area contributed by atoms with Gasteiger partial charge < -0.3 is 13.9 Å². The molecule has 0 saturated heterocycles. The lowest BCUT2D eigenvalue weighted by Crippen LogP contribution is -2.03. The van der Waals surface area contributed by atoms with E-state index in [2.05, 4.69) is 0 Å². The maximum Gasteiger partial charge on any atom is 0.310 e. The van der Waals surface area contributed by atoms with Crippen LogP contribution in [0.3, 0.4) is 0 Å². The maximum atomic E-state index is 11.5. The fourth-order valence-electron chi connectivity index (χ4n) is 2.53. The van der Waals surface area contributed by atoms with Crippen LogP contribution >= 0.6 is 23.2 Å². The normalized spacial score (nSPS) is 10.9. The van der Waals surface area contributed by atoms with Crippen LogP contribution in [0.5, 0.6) is 5.75 Å². The summed E-state index contributed by atoms with van der Waals surface area (Å²) in [5, 5.41) is 2.02. The van der Waals surface area contributed by atoms with Gasteiger partial charge in [-0.2, -0.15) is 0 Å². The first kappa shape index (κ1) is 17.6. The summed E-state index contributed by atoms with van der Waals surface area (Å²) >= 11 is 12.1. The molecule has 130 valence electrons. The lowest BCUT2D eigenvalue weighted by atomic mass is 10.1. The van der Waals surface area contributed by atoms with Crippen molar-refractivity contribution in [1.82, 2.24) is 0 Å². The third-order valence-corrected chi connectivity index (χ3v) is 4.50. The second kappa shape index (κ2) is 7.38. The van der Waals surface area contributed by atoms with Crippen LogP contribution < -0.4 is 4.74 Å². The Labute approximate surface area is 155 Å². The van der Waals surface area contributed by atoms with Gasteiger partial charge in [-0.25, -0.2) is 0 Å². The van der Waals surface area contributed by atoms with E-state index >= 15 is 0 Å². The smallest absolute Gasteiger partial charge is 0.310 e. The first-order valence-electron chi connectivity index (χ1n) is 7.62. The molecule has 2 aromatic carbocycles. The Hall–Kier alpha value is -2.17. The number of furan rings is 1. The maximum absolute atomic E-state index is 11.5. The number of aryl methyl sites for hydroxylation is 1. The number of esters is 1. The molecule has 0 unspecified atom stereocenters. The molecule has 0 radical (unpaired) electrons. The highest BCUT2D eigenvalue weighted by Gasteiger charge is 2.13. The third-order valence-electron chi connectivity index (χ3n) is 3.91. The molecule has 4 nitrogen and oxygen atoms in total. The Morgan fingerprint density at radius 1 is 1.16 bits per heavy atom. The van der Waals surface area contributed by atoms with Gasteiger partial charge in [0.1, 0.15) is 17.9 Å². The van der Waals surface area contributed by atoms with Crippen LogP contribution in [-0.2, 0) is 22.6 Å². The van der Waals surface area contributed by atoms with E-state index in [0.29, 0.717) is 28.0 Å². The predicted molar refractivity (Wildman–Crippen MR) is 97.5 cm³/mol. The molecule has 6 heteroatoms. The Kier molecular flexibility index (Phi) is 5.21. The highest BCUT2D eigenvalue weighted by molar-refractivity contribution is 6.35. The van der Waals surface area contributed by atoms with Gasteiger partial charge in [0.2, 0.25) is 0 Å². The number of ether oxygens (including phenoxy) is 2. The molecular weight excluding hydrogens is 363 g/mol. The molecule has 0 atom stereocenters. The van der Waals surface area contributed by atoms with E-state index in [-0.39, 0.29) is 12.4 Å². The van der Waals surface area contributed by atoms with Crippen LogP contribution in [0.1, 0.15) is 16.7 Å². The van der Waals surface area contributed by atoms with Crippen molar-refractivity contribution in [3.8, 4) is 5.75 Å². The Morgan fingerprint density at radius 2 is 1.96 bits per heavy atom. The molecule has 0 bridgehead atoms. The van der Waals surface area contributed by atoms with Crippen molar-refractivity contribution in [2.75, 3.05) is 7.11 Å². The van der Waals surface area contributed by atoms with Crippen LogP contribution in [-0.4, -0.2) is 13.1 Å². The summed E-state index contributed by atoms with van der Waals surface area (Å²) in [4.78, 5) is 11.5. The highest BCUT2D eigenvalue weighted by Crippen LogP contribution is 2.31. The summed E-state index contributed by atoms with van der Waals surface area (Å²) < 4.78 is 16.1. The zero-order valence-corrected chi connectivity index (χ0v) is 15.3. The zero-order chi connectivity index (χ0) is 18.0.